The molecule has 17 heavy (non-hydrogen) atoms. The number of nitrogens with one attached hydrogen (secondary N) is 1. The van der Waals surface area contributed by atoms with Gasteiger partial charge in [0.1, 0.15) is 0 Å². The third-order valence-corrected chi connectivity index (χ3v) is 3.67. The van der Waals surface area contributed by atoms with Gasteiger partial charge in [0.2, 0.25) is 0 Å². The fraction of sp³-hybridized carbons (Fsp3) is 0.500. The SMILES string of the molecule is Clc1ccc(NCCN2CCOCC2)c(Br)c1. The van der Waals surface area contributed by atoms with Gasteiger partial charge >= 0.3 is 0 Å². The third-order valence-electron chi connectivity index (χ3n) is 2.78. The predicted octanol–water partition coefficient (Wildman–Crippen LogP) is 2.85. The molecule has 0 aliphatic carbocycles. The largest absolute Gasteiger partial charge is 0.383 e. The number of hydrogen-bond donors (Lipinski definition) is 1. The Balaban J connectivity index is 1.77. The van der Waals surface area contributed by atoms with E-state index in [-0.39, 0.29) is 0 Å². The van der Waals surface area contributed by atoms with Crippen molar-refractivity contribution in [1.29, 1.82) is 0 Å². The summed E-state index contributed by atoms with van der Waals surface area (Å²) in [5.41, 5.74) is 1.09. The van der Waals surface area contributed by atoms with Gasteiger partial charge in [-0.05, 0) is 34.1 Å². The van der Waals surface area contributed by atoms with Gasteiger partial charge in [0.25, 0.3) is 0 Å². The van der Waals surface area contributed by atoms with Gasteiger partial charge in [0, 0.05) is 41.4 Å². The average molecular weight is 320 g/mol. The summed E-state index contributed by atoms with van der Waals surface area (Å²) < 4.78 is 6.32. The summed E-state index contributed by atoms with van der Waals surface area (Å²) in [6.07, 6.45) is 0. The number of hydrogen-bond acceptors (Lipinski definition) is 3. The summed E-state index contributed by atoms with van der Waals surface area (Å²) in [4.78, 5) is 2.40. The Morgan fingerprint density at radius 1 is 1.35 bits per heavy atom. The highest BCUT2D eigenvalue weighted by atomic mass is 79.9. The van der Waals surface area contributed by atoms with E-state index in [4.69, 9.17) is 16.3 Å². The Kier molecular flexibility index (Phi) is 5.10. The zero-order chi connectivity index (χ0) is 12.1. The van der Waals surface area contributed by atoms with E-state index in [0.29, 0.717) is 0 Å². The first-order chi connectivity index (χ1) is 8.25. The summed E-state index contributed by atoms with van der Waals surface area (Å²) in [5, 5.41) is 4.15. The first-order valence-electron chi connectivity index (χ1n) is 5.75. The fourth-order valence-corrected chi connectivity index (χ4v) is 2.63. The van der Waals surface area contributed by atoms with Gasteiger partial charge in [-0.2, -0.15) is 0 Å². The molecule has 1 aliphatic rings. The molecule has 1 fully saturated rings. The molecule has 1 saturated heterocycles. The Bertz CT molecular complexity index is 370. The molecule has 0 bridgehead atoms. The van der Waals surface area contributed by atoms with E-state index in [2.05, 4.69) is 26.1 Å². The Morgan fingerprint density at radius 2 is 2.12 bits per heavy atom. The summed E-state index contributed by atoms with van der Waals surface area (Å²) in [6, 6.07) is 5.79. The van der Waals surface area contributed by atoms with Crippen LogP contribution in [0, 0.1) is 0 Å². The van der Waals surface area contributed by atoms with Gasteiger partial charge in [-0.3, -0.25) is 4.90 Å². The van der Waals surface area contributed by atoms with Crippen LogP contribution in [0.25, 0.3) is 0 Å². The van der Waals surface area contributed by atoms with E-state index in [1.807, 2.05) is 18.2 Å². The first-order valence-corrected chi connectivity index (χ1v) is 6.92. The summed E-state index contributed by atoms with van der Waals surface area (Å²) in [6.45, 7) is 5.74. The van der Waals surface area contributed by atoms with E-state index in [1.165, 1.54) is 0 Å². The molecule has 94 valence electrons. The average Bonchev–Trinajstić information content (AvgIpc) is 2.33. The normalized spacial score (nSPS) is 17.1. The van der Waals surface area contributed by atoms with Crippen LogP contribution in [0.2, 0.25) is 5.02 Å². The molecule has 1 heterocycles. The molecule has 3 nitrogen and oxygen atoms in total. The number of ether oxygens (including phenoxy) is 1. The minimum Gasteiger partial charge on any atom is -0.383 e. The van der Waals surface area contributed by atoms with Crippen molar-refractivity contribution in [2.24, 2.45) is 0 Å². The minimum absolute atomic E-state index is 0.746. The van der Waals surface area contributed by atoms with E-state index in [0.717, 1.165) is 54.6 Å². The zero-order valence-corrected chi connectivity index (χ0v) is 11.9. The van der Waals surface area contributed by atoms with Crippen LogP contribution < -0.4 is 5.32 Å². The molecule has 0 unspecified atom stereocenters. The first kappa shape index (κ1) is 13.1. The highest BCUT2D eigenvalue weighted by molar-refractivity contribution is 9.10. The molecular formula is C12H16BrClN2O. The molecule has 2 rings (SSSR count). The number of halogens is 2. The van der Waals surface area contributed by atoms with Gasteiger partial charge in [-0.25, -0.2) is 0 Å². The summed E-state index contributed by atoms with van der Waals surface area (Å²) in [5.74, 6) is 0. The highest BCUT2D eigenvalue weighted by Crippen LogP contribution is 2.25. The van der Waals surface area contributed by atoms with Gasteiger partial charge in [-0.1, -0.05) is 11.6 Å². The smallest absolute Gasteiger partial charge is 0.0594 e. The van der Waals surface area contributed by atoms with Gasteiger partial charge < -0.3 is 10.1 Å². The molecule has 1 N–H and O–H groups in total. The third kappa shape index (κ3) is 4.14. The van der Waals surface area contributed by atoms with Crippen molar-refractivity contribution in [2.45, 2.75) is 0 Å². The van der Waals surface area contributed by atoms with Crippen LogP contribution in [0.3, 0.4) is 0 Å². The molecule has 1 aromatic rings. The lowest BCUT2D eigenvalue weighted by Crippen LogP contribution is -2.39. The van der Waals surface area contributed by atoms with E-state index in [1.54, 1.807) is 0 Å². The molecule has 1 aromatic carbocycles. The zero-order valence-electron chi connectivity index (χ0n) is 9.59. The lowest BCUT2D eigenvalue weighted by atomic mass is 10.3. The fourth-order valence-electron chi connectivity index (χ4n) is 1.81. The van der Waals surface area contributed by atoms with E-state index < -0.39 is 0 Å². The second-order valence-electron chi connectivity index (χ2n) is 4.00. The van der Waals surface area contributed by atoms with Gasteiger partial charge in [0.05, 0.1) is 13.2 Å². The maximum atomic E-state index is 5.89. The van der Waals surface area contributed by atoms with Crippen molar-refractivity contribution < 1.29 is 4.74 Å². The summed E-state index contributed by atoms with van der Waals surface area (Å²) in [7, 11) is 0. The van der Waals surface area contributed by atoms with Crippen LogP contribution >= 0.6 is 27.5 Å². The minimum atomic E-state index is 0.746. The van der Waals surface area contributed by atoms with Crippen LogP contribution in [-0.2, 0) is 4.74 Å². The molecule has 1 aliphatic heterocycles. The molecule has 5 heteroatoms. The van der Waals surface area contributed by atoms with Crippen LogP contribution in [0.15, 0.2) is 22.7 Å². The molecule has 0 aromatic heterocycles. The van der Waals surface area contributed by atoms with Gasteiger partial charge in [0.15, 0.2) is 0 Å². The summed E-state index contributed by atoms with van der Waals surface area (Å²) >= 11 is 9.39. The second kappa shape index (κ2) is 6.59. The number of anilines is 1. The van der Waals surface area contributed by atoms with E-state index >= 15 is 0 Å². The predicted molar refractivity (Wildman–Crippen MR) is 74.9 cm³/mol. The number of rotatable bonds is 4. The Morgan fingerprint density at radius 3 is 2.82 bits per heavy atom. The standard InChI is InChI=1S/C12H16BrClN2O/c13-11-9-10(14)1-2-12(11)15-3-4-16-5-7-17-8-6-16/h1-2,9,15H,3-8H2. The number of nitrogens with zero attached hydrogens (tertiary/aromatic N) is 1. The molecule has 0 spiro atoms. The molecule has 0 amide bonds. The van der Waals surface area contributed by atoms with Crippen molar-refractivity contribution in [2.75, 3.05) is 44.7 Å². The van der Waals surface area contributed by atoms with Gasteiger partial charge in [-0.15, -0.1) is 0 Å². The quantitative estimate of drug-likeness (QED) is 0.923. The maximum Gasteiger partial charge on any atom is 0.0594 e. The lowest BCUT2D eigenvalue weighted by molar-refractivity contribution is 0.0398. The maximum absolute atomic E-state index is 5.89. The molecule has 0 radical (unpaired) electrons. The highest BCUT2D eigenvalue weighted by Gasteiger charge is 2.09. The Hall–Kier alpha value is -0.290. The molecule has 0 saturated carbocycles. The van der Waals surface area contributed by atoms with Crippen LogP contribution in [0.4, 0.5) is 5.69 Å². The lowest BCUT2D eigenvalue weighted by Gasteiger charge is -2.26. The number of morpholine rings is 1. The van der Waals surface area contributed by atoms with Crippen LogP contribution in [0.1, 0.15) is 0 Å². The van der Waals surface area contributed by atoms with Crippen molar-refractivity contribution in [3.8, 4) is 0 Å². The van der Waals surface area contributed by atoms with E-state index in [9.17, 15) is 0 Å². The van der Waals surface area contributed by atoms with Crippen LogP contribution in [0.5, 0.6) is 0 Å². The van der Waals surface area contributed by atoms with Crippen molar-refractivity contribution in [3.05, 3.63) is 27.7 Å². The van der Waals surface area contributed by atoms with Crippen molar-refractivity contribution >= 4 is 33.2 Å². The monoisotopic (exact) mass is 318 g/mol. The van der Waals surface area contributed by atoms with Crippen molar-refractivity contribution in [1.82, 2.24) is 4.90 Å². The topological polar surface area (TPSA) is 24.5 Å². The second-order valence-corrected chi connectivity index (χ2v) is 5.30. The molecular weight excluding hydrogens is 304 g/mol. The Labute approximate surface area is 115 Å². The molecule has 0 atom stereocenters. The van der Waals surface area contributed by atoms with Crippen LogP contribution in [-0.4, -0.2) is 44.3 Å². The number of benzene rings is 1. The van der Waals surface area contributed by atoms with Crippen molar-refractivity contribution in [3.63, 3.8) is 0 Å².